The number of hydrogen-bond donors (Lipinski definition) is 3. The zero-order chi connectivity index (χ0) is 16.0. The zero-order valence-corrected chi connectivity index (χ0v) is 12.4. The van der Waals surface area contributed by atoms with Gasteiger partial charge in [-0.25, -0.2) is 9.18 Å². The monoisotopic (exact) mass is 361 g/mol. The molecule has 0 heterocycles. The molecule has 1 atom stereocenters. The number of carboxylic acids is 2. The van der Waals surface area contributed by atoms with E-state index in [0.717, 1.165) is 6.07 Å². The van der Waals surface area contributed by atoms with Crippen LogP contribution in [0.4, 0.5) is 4.39 Å². The molecule has 21 heavy (non-hydrogen) atoms. The molecule has 0 aliphatic heterocycles. The summed E-state index contributed by atoms with van der Waals surface area (Å²) in [7, 11) is 0. The fourth-order valence-corrected chi connectivity index (χ4v) is 1.96. The summed E-state index contributed by atoms with van der Waals surface area (Å²) in [6.07, 6.45) is -0.160. The highest BCUT2D eigenvalue weighted by atomic mass is 79.9. The highest BCUT2D eigenvalue weighted by Gasteiger charge is 2.22. The highest BCUT2D eigenvalue weighted by Crippen LogP contribution is 2.15. The van der Waals surface area contributed by atoms with Gasteiger partial charge in [-0.3, -0.25) is 9.59 Å². The van der Waals surface area contributed by atoms with Gasteiger partial charge in [-0.1, -0.05) is 15.9 Å². The van der Waals surface area contributed by atoms with E-state index in [9.17, 15) is 18.8 Å². The maximum atomic E-state index is 13.6. The molecule has 0 saturated heterocycles. The first-order valence-corrected chi connectivity index (χ1v) is 6.81. The van der Waals surface area contributed by atoms with Gasteiger partial charge in [0.1, 0.15) is 11.9 Å². The molecule has 1 aromatic carbocycles. The number of halogens is 2. The molecule has 0 spiro atoms. The molecule has 1 rings (SSSR count). The van der Waals surface area contributed by atoms with Crippen molar-refractivity contribution in [3.8, 4) is 0 Å². The maximum Gasteiger partial charge on any atom is 0.326 e. The van der Waals surface area contributed by atoms with Gasteiger partial charge >= 0.3 is 11.9 Å². The average molecular weight is 362 g/mol. The number of aliphatic carboxylic acids is 2. The van der Waals surface area contributed by atoms with E-state index in [-0.39, 0.29) is 24.8 Å². The lowest BCUT2D eigenvalue weighted by molar-refractivity contribution is -0.140. The topological polar surface area (TPSA) is 104 Å². The lowest BCUT2D eigenvalue weighted by atomic mass is 10.1. The molecule has 0 aliphatic carbocycles. The zero-order valence-electron chi connectivity index (χ0n) is 10.8. The fraction of sp³-hybridized carbons (Fsp3) is 0.308. The van der Waals surface area contributed by atoms with Crippen LogP contribution >= 0.6 is 15.9 Å². The number of nitrogens with one attached hydrogen (secondary N) is 1. The lowest BCUT2D eigenvalue weighted by Gasteiger charge is -2.14. The van der Waals surface area contributed by atoms with Crippen molar-refractivity contribution in [3.05, 3.63) is 34.1 Å². The van der Waals surface area contributed by atoms with E-state index in [0.29, 0.717) is 4.47 Å². The van der Waals surface area contributed by atoms with Crippen LogP contribution in [-0.2, 0) is 9.59 Å². The summed E-state index contributed by atoms with van der Waals surface area (Å²) in [6, 6.07) is 2.51. The van der Waals surface area contributed by atoms with Crippen molar-refractivity contribution >= 4 is 33.8 Å². The fourth-order valence-electron chi connectivity index (χ4n) is 1.62. The molecular formula is C13H13BrFNO5. The third-order valence-corrected chi connectivity index (χ3v) is 3.16. The molecule has 1 aromatic rings. The molecule has 0 unspecified atom stereocenters. The van der Waals surface area contributed by atoms with Gasteiger partial charge in [0.05, 0.1) is 5.56 Å². The molecule has 0 aliphatic rings. The van der Waals surface area contributed by atoms with Crippen LogP contribution < -0.4 is 5.32 Å². The van der Waals surface area contributed by atoms with E-state index in [4.69, 9.17) is 10.2 Å². The minimum Gasteiger partial charge on any atom is -0.481 e. The van der Waals surface area contributed by atoms with E-state index < -0.39 is 29.7 Å². The van der Waals surface area contributed by atoms with Gasteiger partial charge in [0.15, 0.2) is 0 Å². The Kier molecular flexibility index (Phi) is 6.29. The number of carboxylic acid groups (broad SMARTS) is 2. The van der Waals surface area contributed by atoms with Gasteiger partial charge in [0.25, 0.3) is 5.91 Å². The quantitative estimate of drug-likeness (QED) is 0.689. The number of benzene rings is 1. The number of carbonyl (C=O) groups excluding carboxylic acids is 1. The number of amides is 1. The first kappa shape index (κ1) is 17.1. The molecule has 3 N–H and O–H groups in total. The Hall–Kier alpha value is -1.96. The van der Waals surface area contributed by atoms with Crippen molar-refractivity contribution < 1.29 is 29.0 Å². The normalized spacial score (nSPS) is 11.7. The summed E-state index contributed by atoms with van der Waals surface area (Å²) in [5.74, 6) is -3.99. The van der Waals surface area contributed by atoms with Crippen LogP contribution in [0, 0.1) is 5.82 Å². The van der Waals surface area contributed by atoms with Gasteiger partial charge in [-0.05, 0) is 31.0 Å². The molecular weight excluding hydrogens is 349 g/mol. The minimum atomic E-state index is -1.30. The lowest BCUT2D eigenvalue weighted by Crippen LogP contribution is -2.41. The van der Waals surface area contributed by atoms with Gasteiger partial charge < -0.3 is 15.5 Å². The summed E-state index contributed by atoms with van der Waals surface area (Å²) in [6.45, 7) is 0. The second-order valence-corrected chi connectivity index (χ2v) is 5.19. The average Bonchev–Trinajstić information content (AvgIpc) is 2.36. The van der Waals surface area contributed by atoms with Crippen molar-refractivity contribution in [3.63, 3.8) is 0 Å². The largest absolute Gasteiger partial charge is 0.481 e. The summed E-state index contributed by atoms with van der Waals surface area (Å²) in [5.41, 5.74) is -0.275. The molecule has 8 heteroatoms. The second-order valence-electron chi connectivity index (χ2n) is 4.27. The Labute approximate surface area is 128 Å². The highest BCUT2D eigenvalue weighted by molar-refractivity contribution is 9.10. The van der Waals surface area contributed by atoms with E-state index in [2.05, 4.69) is 21.2 Å². The van der Waals surface area contributed by atoms with Crippen LogP contribution in [0.25, 0.3) is 0 Å². The van der Waals surface area contributed by atoms with Crippen LogP contribution in [0.5, 0.6) is 0 Å². The van der Waals surface area contributed by atoms with Gasteiger partial charge in [-0.2, -0.15) is 0 Å². The summed E-state index contributed by atoms with van der Waals surface area (Å²) < 4.78 is 14.0. The Morgan fingerprint density at radius 1 is 1.29 bits per heavy atom. The molecule has 0 saturated carbocycles. The standard InChI is InChI=1S/C13H13BrFNO5/c14-7-4-5-8(9(15)6-7)12(19)16-10(13(20)21)2-1-3-11(17)18/h4-6,10H,1-3H2,(H,16,19)(H,17,18)(H,20,21)/t10-/m1/s1. The van der Waals surface area contributed by atoms with E-state index >= 15 is 0 Å². The van der Waals surface area contributed by atoms with Crippen molar-refractivity contribution in [1.29, 1.82) is 0 Å². The first-order valence-electron chi connectivity index (χ1n) is 6.01. The minimum absolute atomic E-state index is 0.0501. The predicted molar refractivity (Wildman–Crippen MR) is 74.5 cm³/mol. The van der Waals surface area contributed by atoms with Crippen molar-refractivity contribution in [1.82, 2.24) is 5.32 Å². The van der Waals surface area contributed by atoms with Crippen LogP contribution in [-0.4, -0.2) is 34.1 Å². The molecule has 0 bridgehead atoms. The third-order valence-electron chi connectivity index (χ3n) is 2.66. The molecule has 114 valence electrons. The van der Waals surface area contributed by atoms with Gasteiger partial charge in [0.2, 0.25) is 0 Å². The Morgan fingerprint density at radius 3 is 2.48 bits per heavy atom. The molecule has 0 radical (unpaired) electrons. The number of rotatable bonds is 7. The van der Waals surface area contributed by atoms with E-state index in [1.54, 1.807) is 0 Å². The summed E-state index contributed by atoms with van der Waals surface area (Å²) >= 11 is 3.05. The van der Waals surface area contributed by atoms with Crippen LogP contribution in [0.2, 0.25) is 0 Å². The van der Waals surface area contributed by atoms with Crippen LogP contribution in [0.3, 0.4) is 0 Å². The Morgan fingerprint density at radius 2 is 1.95 bits per heavy atom. The Balaban J connectivity index is 2.72. The maximum absolute atomic E-state index is 13.6. The van der Waals surface area contributed by atoms with E-state index in [1.165, 1.54) is 12.1 Å². The molecule has 0 fully saturated rings. The van der Waals surface area contributed by atoms with Gasteiger partial charge in [-0.15, -0.1) is 0 Å². The molecule has 1 amide bonds. The Bertz CT molecular complexity index is 563. The third kappa shape index (κ3) is 5.50. The van der Waals surface area contributed by atoms with Gasteiger partial charge in [0, 0.05) is 10.9 Å². The van der Waals surface area contributed by atoms with Crippen molar-refractivity contribution in [2.24, 2.45) is 0 Å². The molecule has 0 aromatic heterocycles. The van der Waals surface area contributed by atoms with Crippen LogP contribution in [0.1, 0.15) is 29.6 Å². The van der Waals surface area contributed by atoms with E-state index in [1.807, 2.05) is 0 Å². The first-order chi connectivity index (χ1) is 9.81. The smallest absolute Gasteiger partial charge is 0.326 e. The predicted octanol–water partition coefficient (Wildman–Crippen LogP) is 2.03. The van der Waals surface area contributed by atoms with Crippen molar-refractivity contribution in [2.75, 3.05) is 0 Å². The van der Waals surface area contributed by atoms with Crippen LogP contribution in [0.15, 0.2) is 22.7 Å². The number of carbonyl (C=O) groups is 3. The molecule has 6 nitrogen and oxygen atoms in total. The summed E-state index contributed by atoms with van der Waals surface area (Å²) in [4.78, 5) is 33.2. The SMILES string of the molecule is O=C(O)CCC[C@@H](NC(=O)c1ccc(Br)cc1F)C(=O)O. The van der Waals surface area contributed by atoms with Crippen molar-refractivity contribution in [2.45, 2.75) is 25.3 Å². The summed E-state index contributed by atoms with van der Waals surface area (Å²) in [5, 5.41) is 19.7. The number of hydrogen-bond acceptors (Lipinski definition) is 3. The second kappa shape index (κ2) is 7.72.